The van der Waals surface area contributed by atoms with E-state index < -0.39 is 0 Å². The number of cyclic esters (lactones) is 1. The van der Waals surface area contributed by atoms with Crippen LogP contribution in [0, 0.1) is 11.3 Å². The molecular formula is C20H24N4O3S. The van der Waals surface area contributed by atoms with Crippen molar-refractivity contribution in [3.05, 3.63) is 23.2 Å². The fourth-order valence-corrected chi connectivity index (χ4v) is 5.13. The van der Waals surface area contributed by atoms with Gasteiger partial charge in [0.15, 0.2) is 0 Å². The van der Waals surface area contributed by atoms with Crippen LogP contribution < -0.4 is 4.90 Å². The lowest BCUT2D eigenvalue weighted by Crippen LogP contribution is -2.25. The molecule has 2 aliphatic rings. The van der Waals surface area contributed by atoms with E-state index in [1.807, 2.05) is 18.2 Å². The van der Waals surface area contributed by atoms with Gasteiger partial charge in [0.1, 0.15) is 11.1 Å². The number of fused-ring (bicyclic) bond motifs is 1. The largest absolute Gasteiger partial charge is 0.441 e. The zero-order chi connectivity index (χ0) is 19.5. The van der Waals surface area contributed by atoms with Gasteiger partial charge in [0, 0.05) is 19.2 Å². The summed E-state index contributed by atoms with van der Waals surface area (Å²) in [4.78, 5) is 21.2. The average molecular weight is 401 g/mol. The first-order chi connectivity index (χ1) is 13.7. The van der Waals surface area contributed by atoms with Crippen LogP contribution in [0.1, 0.15) is 36.7 Å². The molecule has 4 rings (SSSR count). The van der Waals surface area contributed by atoms with Gasteiger partial charge in [-0.2, -0.15) is 5.26 Å². The van der Waals surface area contributed by atoms with Crippen LogP contribution in [0.15, 0.2) is 18.2 Å². The fourth-order valence-electron chi connectivity index (χ4n) is 3.96. The number of hydrogen-bond donors (Lipinski definition) is 0. The minimum absolute atomic E-state index is 0.200. The molecule has 2 saturated heterocycles. The Morgan fingerprint density at radius 1 is 1.43 bits per heavy atom. The molecule has 2 aromatic rings. The monoisotopic (exact) mass is 400 g/mol. The molecule has 28 heavy (non-hydrogen) atoms. The first-order valence-electron chi connectivity index (χ1n) is 9.68. The van der Waals surface area contributed by atoms with Crippen molar-refractivity contribution >= 4 is 33.3 Å². The number of hydrogen-bond acceptors (Lipinski definition) is 7. The lowest BCUT2D eigenvalue weighted by molar-refractivity contribution is 0.0718. The molecule has 0 bridgehead atoms. The van der Waals surface area contributed by atoms with Gasteiger partial charge in [-0.3, -0.25) is 9.80 Å². The van der Waals surface area contributed by atoms with Crippen LogP contribution in [-0.2, 0) is 9.47 Å². The Kier molecular flexibility index (Phi) is 5.76. The highest BCUT2D eigenvalue weighted by Crippen LogP contribution is 2.36. The molecule has 2 unspecified atom stereocenters. The van der Waals surface area contributed by atoms with E-state index in [1.165, 1.54) is 12.8 Å². The third-order valence-electron chi connectivity index (χ3n) is 5.32. The summed E-state index contributed by atoms with van der Waals surface area (Å²) in [7, 11) is 1.60. The van der Waals surface area contributed by atoms with Crippen molar-refractivity contribution in [2.45, 2.75) is 37.8 Å². The molecule has 0 N–H and O–H groups in total. The number of thiazole rings is 1. The first kappa shape index (κ1) is 19.1. The second-order valence-corrected chi connectivity index (χ2v) is 8.29. The van der Waals surface area contributed by atoms with Crippen molar-refractivity contribution < 1.29 is 14.3 Å². The number of likely N-dealkylation sites (tertiary alicyclic amines) is 1. The zero-order valence-electron chi connectivity index (χ0n) is 16.0. The van der Waals surface area contributed by atoms with Crippen molar-refractivity contribution in [1.82, 2.24) is 9.88 Å². The summed E-state index contributed by atoms with van der Waals surface area (Å²) in [6.07, 6.45) is 3.17. The van der Waals surface area contributed by atoms with Gasteiger partial charge in [-0.1, -0.05) is 0 Å². The van der Waals surface area contributed by atoms with Gasteiger partial charge >= 0.3 is 6.09 Å². The Morgan fingerprint density at radius 2 is 2.25 bits per heavy atom. The number of aromatic nitrogens is 1. The Morgan fingerprint density at radius 3 is 3.00 bits per heavy atom. The van der Waals surface area contributed by atoms with E-state index in [1.54, 1.807) is 23.3 Å². The minimum Gasteiger partial charge on any atom is -0.441 e. The summed E-state index contributed by atoms with van der Waals surface area (Å²) in [5, 5.41) is 10.1. The molecular weight excluding hydrogens is 376 g/mol. The molecule has 1 aromatic carbocycles. The molecule has 3 heterocycles. The van der Waals surface area contributed by atoms with Crippen LogP contribution in [-0.4, -0.2) is 55.4 Å². The lowest BCUT2D eigenvalue weighted by Gasteiger charge is -2.24. The number of ether oxygens (including phenoxy) is 2. The van der Waals surface area contributed by atoms with Gasteiger partial charge < -0.3 is 9.47 Å². The minimum atomic E-state index is -0.338. The van der Waals surface area contributed by atoms with Crippen LogP contribution in [0.4, 0.5) is 10.5 Å². The maximum atomic E-state index is 12.2. The Bertz CT molecular complexity index is 887. The van der Waals surface area contributed by atoms with E-state index in [2.05, 4.69) is 11.0 Å². The van der Waals surface area contributed by atoms with Crippen molar-refractivity contribution in [1.29, 1.82) is 5.26 Å². The van der Waals surface area contributed by atoms with E-state index in [4.69, 9.17) is 19.7 Å². The summed E-state index contributed by atoms with van der Waals surface area (Å²) in [6.45, 7) is 3.02. The molecule has 0 saturated carbocycles. The van der Waals surface area contributed by atoms with Crippen molar-refractivity contribution in [2.24, 2.45) is 0 Å². The molecule has 0 radical (unpaired) electrons. The summed E-state index contributed by atoms with van der Waals surface area (Å²) in [5.41, 5.74) is 1.76. The molecule has 2 atom stereocenters. The van der Waals surface area contributed by atoms with Gasteiger partial charge in [0.2, 0.25) is 0 Å². The molecule has 1 amide bonds. The number of nitriles is 1. The topological polar surface area (TPSA) is 78.7 Å². The number of rotatable bonds is 7. The molecule has 0 aliphatic carbocycles. The second-order valence-electron chi connectivity index (χ2n) is 7.23. The van der Waals surface area contributed by atoms with Crippen LogP contribution in [0.2, 0.25) is 0 Å². The Balaban J connectivity index is 1.59. The first-order valence-corrected chi connectivity index (χ1v) is 10.5. The van der Waals surface area contributed by atoms with E-state index in [0.717, 1.165) is 40.4 Å². The zero-order valence-corrected chi connectivity index (χ0v) is 16.8. The van der Waals surface area contributed by atoms with Gasteiger partial charge in [-0.05, 0) is 50.6 Å². The number of carbonyl (C=O) groups is 1. The maximum absolute atomic E-state index is 12.2. The molecule has 8 heteroatoms. The quantitative estimate of drug-likeness (QED) is 0.705. The molecule has 0 spiro atoms. The van der Waals surface area contributed by atoms with Gasteiger partial charge in [0.25, 0.3) is 0 Å². The number of carbonyl (C=O) groups excluding carboxylic acids is 1. The maximum Gasteiger partial charge on any atom is 0.414 e. The third-order valence-corrected chi connectivity index (χ3v) is 6.44. The molecule has 7 nitrogen and oxygen atoms in total. The number of nitrogens with zero attached hydrogens (tertiary/aromatic N) is 4. The SMILES string of the molecule is COCC1CN(c2ccc3nc(C(CCC#N)N4CCCC4)sc3c2)C(=O)O1. The fraction of sp³-hybridized carbons (Fsp3) is 0.550. The molecule has 1 aromatic heterocycles. The van der Waals surface area contributed by atoms with Gasteiger partial charge in [0.05, 0.1) is 35.5 Å². The number of anilines is 1. The van der Waals surface area contributed by atoms with Crippen molar-refractivity contribution in [3.63, 3.8) is 0 Å². The predicted octanol–water partition coefficient (Wildman–Crippen LogP) is 3.71. The number of methoxy groups -OCH3 is 1. The van der Waals surface area contributed by atoms with E-state index in [9.17, 15) is 4.79 Å². The lowest BCUT2D eigenvalue weighted by atomic mass is 10.1. The Hall–Kier alpha value is -2.21. The molecule has 2 fully saturated rings. The Labute approximate surface area is 168 Å². The van der Waals surface area contributed by atoms with Crippen LogP contribution in [0.25, 0.3) is 10.2 Å². The van der Waals surface area contributed by atoms with Crippen LogP contribution in [0.3, 0.4) is 0 Å². The van der Waals surface area contributed by atoms with Crippen molar-refractivity contribution in [2.75, 3.05) is 38.3 Å². The summed E-state index contributed by atoms with van der Waals surface area (Å²) in [5.74, 6) is 0. The van der Waals surface area contributed by atoms with Crippen LogP contribution >= 0.6 is 11.3 Å². The summed E-state index contributed by atoms with van der Waals surface area (Å²) >= 11 is 1.66. The summed E-state index contributed by atoms with van der Waals surface area (Å²) in [6, 6.07) is 8.37. The predicted molar refractivity (Wildman–Crippen MR) is 108 cm³/mol. The number of benzene rings is 1. The van der Waals surface area contributed by atoms with Crippen molar-refractivity contribution in [3.8, 4) is 6.07 Å². The highest BCUT2D eigenvalue weighted by atomic mass is 32.1. The highest BCUT2D eigenvalue weighted by molar-refractivity contribution is 7.18. The second kappa shape index (κ2) is 8.43. The molecule has 148 valence electrons. The van der Waals surface area contributed by atoms with E-state index in [0.29, 0.717) is 19.6 Å². The van der Waals surface area contributed by atoms with Gasteiger partial charge in [-0.25, -0.2) is 9.78 Å². The summed E-state index contributed by atoms with van der Waals surface area (Å²) < 4.78 is 11.5. The van der Waals surface area contributed by atoms with Crippen LogP contribution in [0.5, 0.6) is 0 Å². The standard InChI is InChI=1S/C20H24N4O3S/c1-26-13-15-12-24(20(25)27-15)14-6-7-16-18(11-14)28-19(22-16)17(5-4-8-21)23-9-2-3-10-23/h6-7,11,15,17H,2-5,9-10,12-13H2,1H3. The smallest absolute Gasteiger partial charge is 0.414 e. The average Bonchev–Trinajstić information content (AvgIpc) is 3.42. The highest BCUT2D eigenvalue weighted by Gasteiger charge is 2.32. The molecule has 2 aliphatic heterocycles. The number of amides is 1. The van der Waals surface area contributed by atoms with E-state index >= 15 is 0 Å². The van der Waals surface area contributed by atoms with E-state index in [-0.39, 0.29) is 18.2 Å². The van der Waals surface area contributed by atoms with Gasteiger partial charge in [-0.15, -0.1) is 11.3 Å². The third kappa shape index (κ3) is 3.83. The normalized spacial score (nSPS) is 21.2.